The highest BCUT2D eigenvalue weighted by Gasteiger charge is 2.08. The minimum atomic E-state index is 0.843. The molecule has 0 fully saturated rings. The predicted molar refractivity (Wildman–Crippen MR) is 248 cm³/mol. The van der Waals surface area contributed by atoms with Gasteiger partial charge in [-0.05, 0) is 133 Å². The Labute approximate surface area is 344 Å². The van der Waals surface area contributed by atoms with E-state index >= 15 is 0 Å². The molecule has 0 aromatic heterocycles. The van der Waals surface area contributed by atoms with Crippen molar-refractivity contribution in [3.05, 3.63) is 129 Å². The van der Waals surface area contributed by atoms with Gasteiger partial charge in [-0.3, -0.25) is 0 Å². The average molecular weight is 757 g/mol. The van der Waals surface area contributed by atoms with Gasteiger partial charge in [0.25, 0.3) is 0 Å². The molecule has 56 heavy (non-hydrogen) atoms. The van der Waals surface area contributed by atoms with E-state index in [1.807, 2.05) is 24.3 Å². The largest absolute Gasteiger partial charge is 0.399 e. The molecule has 306 valence electrons. The molecule has 0 spiro atoms. The summed E-state index contributed by atoms with van der Waals surface area (Å²) in [4.78, 5) is 0. The van der Waals surface area contributed by atoms with Crippen molar-refractivity contribution in [1.29, 1.82) is 0 Å². The molecule has 2 nitrogen and oxygen atoms in total. The van der Waals surface area contributed by atoms with Crippen LogP contribution in [-0.4, -0.2) is 0 Å². The molecule has 4 aromatic carbocycles. The molecule has 0 amide bonds. The van der Waals surface area contributed by atoms with Crippen LogP contribution in [0.15, 0.2) is 84.9 Å². The zero-order chi connectivity index (χ0) is 39.5. The van der Waals surface area contributed by atoms with Crippen LogP contribution in [0.2, 0.25) is 0 Å². The van der Waals surface area contributed by atoms with Crippen LogP contribution in [0.5, 0.6) is 0 Å². The summed E-state index contributed by atoms with van der Waals surface area (Å²) in [7, 11) is 0. The normalized spacial score (nSPS) is 11.4. The Kier molecular flexibility index (Phi) is 22.6. The average Bonchev–Trinajstić information content (AvgIpc) is 3.20. The summed E-state index contributed by atoms with van der Waals surface area (Å²) in [6.07, 6.45) is 37.3. The summed E-state index contributed by atoms with van der Waals surface area (Å²) in [5, 5.41) is 0. The highest BCUT2D eigenvalue weighted by Crippen LogP contribution is 2.23. The first-order valence-corrected chi connectivity index (χ1v) is 23.4. The van der Waals surface area contributed by atoms with Gasteiger partial charge in [-0.2, -0.15) is 0 Å². The lowest BCUT2D eigenvalue weighted by Gasteiger charge is -2.13. The molecule has 2 heteroatoms. The summed E-state index contributed by atoms with van der Waals surface area (Å²) in [6.45, 7) is 4.61. The second-order valence-corrected chi connectivity index (χ2v) is 17.1. The van der Waals surface area contributed by atoms with Crippen LogP contribution < -0.4 is 11.5 Å². The number of nitrogens with two attached hydrogens (primary N) is 2. The first-order valence-electron chi connectivity index (χ1n) is 23.4. The maximum atomic E-state index is 5.90. The maximum absolute atomic E-state index is 5.90. The monoisotopic (exact) mass is 757 g/mol. The number of benzene rings is 4. The molecule has 0 radical (unpaired) electrons. The lowest BCUT2D eigenvalue weighted by molar-refractivity contribution is 0.527. The van der Waals surface area contributed by atoms with Crippen molar-refractivity contribution in [2.75, 3.05) is 11.5 Å². The van der Waals surface area contributed by atoms with Gasteiger partial charge in [0.2, 0.25) is 0 Å². The number of rotatable bonds is 31. The second kappa shape index (κ2) is 28.0. The number of anilines is 2. The summed E-state index contributed by atoms with van der Waals surface area (Å²) in [6, 6.07) is 31.4. The van der Waals surface area contributed by atoms with Crippen LogP contribution in [0.25, 0.3) is 0 Å². The van der Waals surface area contributed by atoms with Gasteiger partial charge in [0.15, 0.2) is 0 Å². The Morgan fingerprint density at radius 2 is 0.554 bits per heavy atom. The molecule has 0 aliphatic carbocycles. The van der Waals surface area contributed by atoms with Crippen molar-refractivity contribution in [3.63, 3.8) is 0 Å². The summed E-state index contributed by atoms with van der Waals surface area (Å²) in [5.74, 6) is 0. The Hall–Kier alpha value is -3.52. The third-order valence-electron chi connectivity index (χ3n) is 12.1. The Balaban J connectivity index is 0.982. The van der Waals surface area contributed by atoms with Crippen molar-refractivity contribution in [1.82, 2.24) is 0 Å². The molecule has 0 bridgehead atoms. The van der Waals surface area contributed by atoms with E-state index in [1.165, 1.54) is 189 Å². The van der Waals surface area contributed by atoms with Crippen LogP contribution in [0.4, 0.5) is 11.4 Å². The Bertz CT molecular complexity index is 1460. The third kappa shape index (κ3) is 18.6. The number of hydrogen-bond donors (Lipinski definition) is 2. The van der Waals surface area contributed by atoms with E-state index in [0.29, 0.717) is 0 Å². The molecule has 0 heterocycles. The van der Waals surface area contributed by atoms with Crippen LogP contribution in [-0.2, 0) is 38.5 Å². The van der Waals surface area contributed by atoms with E-state index in [2.05, 4.69) is 74.5 Å². The molecular weight excluding hydrogens is 677 g/mol. The quantitative estimate of drug-likeness (QED) is 0.0397. The topological polar surface area (TPSA) is 52.0 Å². The standard InChI is InChI=1S/C54H80N2/c1-3-5-21-27-51-43-47(41-45-31-37-53(55)38-32-45)29-35-49(51)25-23-19-17-15-13-11-9-7-8-10-12-14-16-18-20-24-26-50-36-30-48(44-52(50)28-22-6-4-2)42-46-33-39-54(56)40-34-46/h29-40,43-44H,3-28,41-42,55-56H2,1-2H3. The summed E-state index contributed by atoms with van der Waals surface area (Å²) in [5.41, 5.74) is 25.4. The van der Waals surface area contributed by atoms with Crippen molar-refractivity contribution in [3.8, 4) is 0 Å². The van der Waals surface area contributed by atoms with Crippen molar-refractivity contribution in [2.24, 2.45) is 0 Å². The van der Waals surface area contributed by atoms with Gasteiger partial charge in [-0.1, -0.05) is 190 Å². The van der Waals surface area contributed by atoms with Crippen molar-refractivity contribution < 1.29 is 0 Å². The van der Waals surface area contributed by atoms with E-state index in [1.54, 1.807) is 22.3 Å². The van der Waals surface area contributed by atoms with Crippen LogP contribution in [0, 0.1) is 0 Å². The fraction of sp³-hybridized carbons (Fsp3) is 0.556. The van der Waals surface area contributed by atoms with Gasteiger partial charge in [0.1, 0.15) is 0 Å². The highest BCUT2D eigenvalue weighted by atomic mass is 14.5. The Morgan fingerprint density at radius 3 is 0.875 bits per heavy atom. The van der Waals surface area contributed by atoms with Crippen molar-refractivity contribution in [2.45, 2.75) is 194 Å². The number of hydrogen-bond acceptors (Lipinski definition) is 2. The minimum absolute atomic E-state index is 0.843. The first-order chi connectivity index (χ1) is 27.5. The fourth-order valence-electron chi connectivity index (χ4n) is 8.51. The van der Waals surface area contributed by atoms with E-state index in [0.717, 1.165) is 24.2 Å². The van der Waals surface area contributed by atoms with Crippen LogP contribution >= 0.6 is 0 Å². The zero-order valence-electron chi connectivity index (χ0n) is 36.0. The van der Waals surface area contributed by atoms with Crippen molar-refractivity contribution >= 4 is 11.4 Å². The zero-order valence-corrected chi connectivity index (χ0v) is 36.0. The third-order valence-corrected chi connectivity index (χ3v) is 12.1. The Morgan fingerprint density at radius 1 is 0.286 bits per heavy atom. The summed E-state index contributed by atoms with van der Waals surface area (Å²) >= 11 is 0. The van der Waals surface area contributed by atoms with Crippen LogP contribution in [0.1, 0.15) is 200 Å². The maximum Gasteiger partial charge on any atom is 0.0314 e. The molecule has 4 aromatic rings. The number of nitrogen functional groups attached to an aromatic ring is 2. The van der Waals surface area contributed by atoms with Crippen LogP contribution in [0.3, 0.4) is 0 Å². The first kappa shape index (κ1) is 45.2. The predicted octanol–water partition coefficient (Wildman–Crippen LogP) is 15.5. The number of aryl methyl sites for hydroxylation is 4. The van der Waals surface area contributed by atoms with Gasteiger partial charge in [0, 0.05) is 11.4 Å². The van der Waals surface area contributed by atoms with E-state index in [-0.39, 0.29) is 0 Å². The van der Waals surface area contributed by atoms with Gasteiger partial charge >= 0.3 is 0 Å². The van der Waals surface area contributed by atoms with Gasteiger partial charge in [0.05, 0.1) is 0 Å². The molecule has 0 atom stereocenters. The number of unbranched alkanes of at least 4 members (excludes halogenated alkanes) is 19. The molecule has 0 aliphatic rings. The van der Waals surface area contributed by atoms with E-state index in [4.69, 9.17) is 11.5 Å². The molecular formula is C54H80N2. The van der Waals surface area contributed by atoms with E-state index < -0.39 is 0 Å². The smallest absolute Gasteiger partial charge is 0.0314 e. The molecule has 0 saturated carbocycles. The molecule has 0 unspecified atom stereocenters. The van der Waals surface area contributed by atoms with Gasteiger partial charge in [-0.25, -0.2) is 0 Å². The van der Waals surface area contributed by atoms with E-state index in [9.17, 15) is 0 Å². The summed E-state index contributed by atoms with van der Waals surface area (Å²) < 4.78 is 0. The highest BCUT2D eigenvalue weighted by molar-refractivity contribution is 5.43. The SMILES string of the molecule is CCCCCc1cc(Cc2ccc(N)cc2)ccc1CCCCCCCCCCCCCCCCCCc1ccc(Cc2ccc(N)cc2)cc1CCCCC. The molecule has 0 saturated heterocycles. The van der Waals surface area contributed by atoms with Gasteiger partial charge < -0.3 is 11.5 Å². The molecule has 4 N–H and O–H groups in total. The molecule has 0 aliphatic heterocycles. The van der Waals surface area contributed by atoms with Gasteiger partial charge in [-0.15, -0.1) is 0 Å². The second-order valence-electron chi connectivity index (χ2n) is 17.1. The fourth-order valence-corrected chi connectivity index (χ4v) is 8.51. The minimum Gasteiger partial charge on any atom is -0.399 e. The lowest BCUT2D eigenvalue weighted by Crippen LogP contribution is -1.99. The lowest BCUT2D eigenvalue weighted by atomic mass is 9.93. The molecule has 4 rings (SSSR count).